The van der Waals surface area contributed by atoms with Gasteiger partial charge in [0.15, 0.2) is 11.5 Å². The Balaban J connectivity index is 1.78. The van der Waals surface area contributed by atoms with Crippen molar-refractivity contribution in [3.05, 3.63) is 66.4 Å². The molecule has 1 aromatic heterocycles. The summed E-state index contributed by atoms with van der Waals surface area (Å²) in [7, 11) is -0.894. The molecule has 0 aliphatic carbocycles. The van der Waals surface area contributed by atoms with E-state index < -0.39 is 10.0 Å². The third-order valence-corrected chi connectivity index (χ3v) is 5.37. The van der Waals surface area contributed by atoms with Gasteiger partial charge in [0.05, 0.1) is 37.0 Å². The number of nitrogens with zero attached hydrogens (tertiary/aromatic N) is 2. The molecular formula is C19H18FN3O4S. The lowest BCUT2D eigenvalue weighted by molar-refractivity contribution is 0.354. The Morgan fingerprint density at radius 1 is 0.964 bits per heavy atom. The van der Waals surface area contributed by atoms with Crippen molar-refractivity contribution < 1.29 is 22.3 Å². The second kappa shape index (κ2) is 8.32. The zero-order valence-corrected chi connectivity index (χ0v) is 16.0. The summed E-state index contributed by atoms with van der Waals surface area (Å²) < 4.78 is 51.0. The van der Waals surface area contributed by atoms with Crippen molar-refractivity contribution >= 4 is 10.0 Å². The van der Waals surface area contributed by atoms with Crippen LogP contribution in [0.5, 0.6) is 11.5 Å². The molecule has 3 aromatic rings. The van der Waals surface area contributed by atoms with Gasteiger partial charge in [-0.05, 0) is 42.5 Å². The van der Waals surface area contributed by atoms with E-state index in [2.05, 4.69) is 14.7 Å². The van der Waals surface area contributed by atoms with Crippen molar-refractivity contribution in [2.24, 2.45) is 0 Å². The number of hydrogen-bond donors (Lipinski definition) is 1. The zero-order valence-electron chi connectivity index (χ0n) is 15.2. The molecule has 0 atom stereocenters. The van der Waals surface area contributed by atoms with Gasteiger partial charge < -0.3 is 9.47 Å². The maximum absolute atomic E-state index is 13.1. The first kappa shape index (κ1) is 19.7. The van der Waals surface area contributed by atoms with Gasteiger partial charge >= 0.3 is 0 Å². The van der Waals surface area contributed by atoms with Crippen molar-refractivity contribution in [1.82, 2.24) is 14.7 Å². The molecule has 0 bridgehead atoms. The molecule has 2 aromatic carbocycles. The molecule has 0 saturated heterocycles. The highest BCUT2D eigenvalue weighted by Gasteiger charge is 2.17. The molecule has 0 amide bonds. The third-order valence-electron chi connectivity index (χ3n) is 3.97. The molecule has 7 nitrogen and oxygen atoms in total. The van der Waals surface area contributed by atoms with E-state index in [4.69, 9.17) is 9.47 Å². The van der Waals surface area contributed by atoms with Crippen LogP contribution >= 0.6 is 0 Å². The quantitative estimate of drug-likeness (QED) is 0.652. The number of halogens is 1. The molecule has 0 fully saturated rings. The van der Waals surface area contributed by atoms with Crippen LogP contribution in [0.1, 0.15) is 5.69 Å². The van der Waals surface area contributed by atoms with Crippen LogP contribution in [0, 0.1) is 5.82 Å². The van der Waals surface area contributed by atoms with Crippen LogP contribution in [0.2, 0.25) is 0 Å². The van der Waals surface area contributed by atoms with Gasteiger partial charge in [-0.25, -0.2) is 27.5 Å². The fraction of sp³-hybridized carbons (Fsp3) is 0.158. The minimum absolute atomic E-state index is 0.0343. The number of nitrogens with one attached hydrogen (secondary N) is 1. The highest BCUT2D eigenvalue weighted by molar-refractivity contribution is 7.89. The van der Waals surface area contributed by atoms with Gasteiger partial charge in [0.2, 0.25) is 10.0 Å². The summed E-state index contributed by atoms with van der Waals surface area (Å²) in [6.07, 6.45) is 1.33. The van der Waals surface area contributed by atoms with Crippen LogP contribution < -0.4 is 14.2 Å². The summed E-state index contributed by atoms with van der Waals surface area (Å²) >= 11 is 0. The van der Waals surface area contributed by atoms with E-state index in [0.29, 0.717) is 28.5 Å². The summed E-state index contributed by atoms with van der Waals surface area (Å²) in [6, 6.07) is 11.8. The van der Waals surface area contributed by atoms with Gasteiger partial charge in [0.1, 0.15) is 12.1 Å². The maximum Gasteiger partial charge on any atom is 0.241 e. The van der Waals surface area contributed by atoms with Crippen LogP contribution in [0.3, 0.4) is 0 Å². The minimum Gasteiger partial charge on any atom is -0.493 e. The van der Waals surface area contributed by atoms with Gasteiger partial charge in [-0.1, -0.05) is 0 Å². The van der Waals surface area contributed by atoms with Gasteiger partial charge in [0, 0.05) is 11.6 Å². The smallest absolute Gasteiger partial charge is 0.241 e. The second-order valence-corrected chi connectivity index (χ2v) is 7.51. The highest BCUT2D eigenvalue weighted by Crippen LogP contribution is 2.29. The topological polar surface area (TPSA) is 90.4 Å². The second-order valence-electron chi connectivity index (χ2n) is 5.74. The summed E-state index contributed by atoms with van der Waals surface area (Å²) in [5.74, 6) is 0.396. The first-order valence-corrected chi connectivity index (χ1v) is 9.70. The first-order valence-electron chi connectivity index (χ1n) is 8.21. The van der Waals surface area contributed by atoms with Crippen LogP contribution in [-0.2, 0) is 16.6 Å². The summed E-state index contributed by atoms with van der Waals surface area (Å²) in [5, 5.41) is 0. The summed E-state index contributed by atoms with van der Waals surface area (Å²) in [6.45, 7) is -0.0343. The van der Waals surface area contributed by atoms with Crippen LogP contribution in [0.4, 0.5) is 4.39 Å². The van der Waals surface area contributed by atoms with Gasteiger partial charge in [-0.15, -0.1) is 0 Å². The van der Waals surface area contributed by atoms with E-state index in [-0.39, 0.29) is 17.3 Å². The van der Waals surface area contributed by atoms with E-state index in [1.165, 1.54) is 50.9 Å². The van der Waals surface area contributed by atoms with E-state index in [0.717, 1.165) is 0 Å². The van der Waals surface area contributed by atoms with E-state index in [1.54, 1.807) is 18.2 Å². The molecule has 1 N–H and O–H groups in total. The molecule has 1 heterocycles. The average molecular weight is 403 g/mol. The monoisotopic (exact) mass is 403 g/mol. The van der Waals surface area contributed by atoms with Crippen molar-refractivity contribution in [2.45, 2.75) is 11.4 Å². The molecule has 28 heavy (non-hydrogen) atoms. The van der Waals surface area contributed by atoms with Crippen molar-refractivity contribution in [3.8, 4) is 22.8 Å². The molecule has 0 saturated carbocycles. The van der Waals surface area contributed by atoms with Crippen molar-refractivity contribution in [1.29, 1.82) is 0 Å². The fourth-order valence-corrected chi connectivity index (χ4v) is 3.52. The van der Waals surface area contributed by atoms with Crippen molar-refractivity contribution in [3.63, 3.8) is 0 Å². The Morgan fingerprint density at radius 2 is 1.68 bits per heavy atom. The number of ether oxygens (including phenoxy) is 2. The predicted molar refractivity (Wildman–Crippen MR) is 101 cm³/mol. The van der Waals surface area contributed by atoms with E-state index in [1.807, 2.05) is 0 Å². The van der Waals surface area contributed by atoms with Crippen LogP contribution in [0.25, 0.3) is 11.3 Å². The lowest BCUT2D eigenvalue weighted by atomic mass is 10.1. The molecule has 146 valence electrons. The minimum atomic E-state index is -3.79. The lowest BCUT2D eigenvalue weighted by Crippen LogP contribution is -2.23. The highest BCUT2D eigenvalue weighted by atomic mass is 32.2. The Kier molecular flexibility index (Phi) is 5.86. The standard InChI is InChI=1S/C19H18FN3O4S/c1-26-18-8-7-16(10-19(18)27-2)28(24,25)23-11-15-9-17(22-12-21-15)13-3-5-14(20)6-4-13/h3-10,12,23H,11H2,1-2H3. The summed E-state index contributed by atoms with van der Waals surface area (Å²) in [4.78, 5) is 8.27. The predicted octanol–water partition coefficient (Wildman–Crippen LogP) is 2.78. The average Bonchev–Trinajstić information content (AvgIpc) is 2.72. The Hall–Kier alpha value is -3.04. The Bertz CT molecular complexity index is 1070. The van der Waals surface area contributed by atoms with Crippen LogP contribution in [-0.4, -0.2) is 32.6 Å². The molecule has 0 aliphatic rings. The van der Waals surface area contributed by atoms with E-state index in [9.17, 15) is 12.8 Å². The SMILES string of the molecule is COc1ccc(S(=O)(=O)NCc2cc(-c3ccc(F)cc3)ncn2)cc1OC. The molecule has 9 heteroatoms. The number of methoxy groups -OCH3 is 2. The Labute approximate surface area is 162 Å². The van der Waals surface area contributed by atoms with Gasteiger partial charge in [-0.3, -0.25) is 0 Å². The Morgan fingerprint density at radius 3 is 2.36 bits per heavy atom. The first-order chi connectivity index (χ1) is 13.4. The van der Waals surface area contributed by atoms with Gasteiger partial charge in [0.25, 0.3) is 0 Å². The largest absolute Gasteiger partial charge is 0.493 e. The summed E-state index contributed by atoms with van der Waals surface area (Å²) in [5.41, 5.74) is 1.74. The van der Waals surface area contributed by atoms with E-state index >= 15 is 0 Å². The molecule has 0 aliphatic heterocycles. The molecule has 0 spiro atoms. The van der Waals surface area contributed by atoms with Crippen molar-refractivity contribution in [2.75, 3.05) is 14.2 Å². The van der Waals surface area contributed by atoms with Gasteiger partial charge in [-0.2, -0.15) is 0 Å². The number of hydrogen-bond acceptors (Lipinski definition) is 6. The molecule has 3 rings (SSSR count). The maximum atomic E-state index is 13.1. The number of sulfonamides is 1. The van der Waals surface area contributed by atoms with Crippen LogP contribution in [0.15, 0.2) is 59.8 Å². The molecule has 0 radical (unpaired) electrons. The third kappa shape index (κ3) is 4.44. The number of benzene rings is 2. The molecule has 0 unspecified atom stereocenters. The normalized spacial score (nSPS) is 11.2. The lowest BCUT2D eigenvalue weighted by Gasteiger charge is -2.11. The number of rotatable bonds is 7. The molecular weight excluding hydrogens is 385 g/mol. The fourth-order valence-electron chi connectivity index (χ4n) is 2.51. The zero-order chi connectivity index (χ0) is 20.1. The number of aromatic nitrogens is 2.